The molecule has 3 aromatic carbocycles. The third-order valence-electron chi connectivity index (χ3n) is 3.65. The third kappa shape index (κ3) is 3.61. The van der Waals surface area contributed by atoms with E-state index in [2.05, 4.69) is 0 Å². The topological polar surface area (TPSA) is 26.3 Å². The Bertz CT molecular complexity index is 847. The molecule has 0 radical (unpaired) electrons. The molecule has 0 saturated carbocycles. The first-order valence-electron chi connectivity index (χ1n) is 7.87. The predicted molar refractivity (Wildman–Crippen MR) is 97.5 cm³/mol. The van der Waals surface area contributed by atoms with Gasteiger partial charge in [0, 0.05) is 16.7 Å². The van der Waals surface area contributed by atoms with Crippen LogP contribution in [0.1, 0.15) is 28.4 Å². The zero-order valence-corrected chi connectivity index (χ0v) is 13.5. The van der Waals surface area contributed by atoms with Crippen LogP contribution in [0.3, 0.4) is 0 Å². The van der Waals surface area contributed by atoms with Crippen molar-refractivity contribution in [1.82, 2.24) is 0 Å². The minimum atomic E-state index is 0.0106. The number of carbonyl (C=O) groups excluding carboxylic acids is 1. The molecule has 118 valence electrons. The van der Waals surface area contributed by atoms with Gasteiger partial charge in [0.05, 0.1) is 0 Å². The van der Waals surface area contributed by atoms with E-state index in [1.165, 1.54) is 0 Å². The second-order valence-electron chi connectivity index (χ2n) is 5.36. The zero-order chi connectivity index (χ0) is 16.8. The van der Waals surface area contributed by atoms with Gasteiger partial charge in [-0.1, -0.05) is 60.7 Å². The molecule has 0 bridgehead atoms. The minimum absolute atomic E-state index is 0.0106. The summed E-state index contributed by atoms with van der Waals surface area (Å²) < 4.78 is 5.94. The Morgan fingerprint density at radius 2 is 1.42 bits per heavy atom. The zero-order valence-electron chi connectivity index (χ0n) is 13.5. The van der Waals surface area contributed by atoms with Gasteiger partial charge >= 0.3 is 0 Å². The van der Waals surface area contributed by atoms with Crippen LogP contribution in [-0.4, -0.2) is 5.78 Å². The van der Waals surface area contributed by atoms with Crippen molar-refractivity contribution in [2.45, 2.75) is 6.92 Å². The maximum absolute atomic E-state index is 12.4. The second kappa shape index (κ2) is 7.42. The van der Waals surface area contributed by atoms with E-state index in [9.17, 15) is 4.79 Å². The van der Waals surface area contributed by atoms with Crippen LogP contribution in [0.5, 0.6) is 11.5 Å². The summed E-state index contributed by atoms with van der Waals surface area (Å²) in [5.74, 6) is 1.51. The summed E-state index contributed by atoms with van der Waals surface area (Å²) in [6, 6.07) is 24.3. The smallest absolute Gasteiger partial charge is 0.193 e. The van der Waals surface area contributed by atoms with Crippen LogP contribution in [0.4, 0.5) is 0 Å². The van der Waals surface area contributed by atoms with Crippen molar-refractivity contribution in [3.8, 4) is 11.5 Å². The Kier molecular flexibility index (Phi) is 4.87. The van der Waals surface area contributed by atoms with Crippen molar-refractivity contribution in [2.75, 3.05) is 0 Å². The normalized spacial score (nSPS) is 10.7. The van der Waals surface area contributed by atoms with Gasteiger partial charge in [-0.15, -0.1) is 0 Å². The van der Waals surface area contributed by atoms with Gasteiger partial charge in [0.25, 0.3) is 0 Å². The molecule has 2 nitrogen and oxygen atoms in total. The van der Waals surface area contributed by atoms with Crippen LogP contribution in [0, 0.1) is 0 Å². The van der Waals surface area contributed by atoms with Crippen LogP contribution in [0.2, 0.25) is 0 Å². The molecule has 0 amide bonds. The molecule has 0 aromatic heterocycles. The third-order valence-corrected chi connectivity index (χ3v) is 3.65. The number of rotatable bonds is 5. The molecule has 0 saturated heterocycles. The van der Waals surface area contributed by atoms with E-state index in [4.69, 9.17) is 4.74 Å². The summed E-state index contributed by atoms with van der Waals surface area (Å²) in [6.45, 7) is 1.97. The molecule has 3 aromatic rings. The van der Waals surface area contributed by atoms with Gasteiger partial charge in [0.1, 0.15) is 11.5 Å². The van der Waals surface area contributed by atoms with E-state index in [1.54, 1.807) is 12.1 Å². The molecule has 0 N–H and O–H groups in total. The molecule has 0 aliphatic rings. The number of para-hydroxylation sites is 1. The van der Waals surface area contributed by atoms with E-state index in [-0.39, 0.29) is 5.78 Å². The average Bonchev–Trinajstić information content (AvgIpc) is 2.64. The highest BCUT2D eigenvalue weighted by molar-refractivity contribution is 6.08. The molecule has 0 aliphatic carbocycles. The van der Waals surface area contributed by atoms with E-state index < -0.39 is 0 Å². The summed E-state index contributed by atoms with van der Waals surface area (Å²) in [4.78, 5) is 12.4. The van der Waals surface area contributed by atoms with Crippen molar-refractivity contribution >= 4 is 11.9 Å². The lowest BCUT2D eigenvalue weighted by Gasteiger charge is -2.09. The summed E-state index contributed by atoms with van der Waals surface area (Å²) in [7, 11) is 0. The maximum Gasteiger partial charge on any atom is 0.193 e. The maximum atomic E-state index is 12.4. The fourth-order valence-corrected chi connectivity index (χ4v) is 2.45. The molecule has 2 heteroatoms. The largest absolute Gasteiger partial charge is 0.457 e. The van der Waals surface area contributed by atoms with Crippen LogP contribution in [-0.2, 0) is 0 Å². The van der Waals surface area contributed by atoms with Crippen LogP contribution in [0.25, 0.3) is 6.08 Å². The van der Waals surface area contributed by atoms with Crippen LogP contribution < -0.4 is 4.74 Å². The van der Waals surface area contributed by atoms with Crippen molar-refractivity contribution in [1.29, 1.82) is 0 Å². The lowest BCUT2D eigenvalue weighted by Crippen LogP contribution is -2.00. The Morgan fingerprint density at radius 1 is 0.792 bits per heavy atom. The van der Waals surface area contributed by atoms with Gasteiger partial charge < -0.3 is 4.74 Å². The molecule has 0 unspecified atom stereocenters. The SMILES string of the molecule is CC=Cc1ccccc1Oc1ccc(C(=O)c2ccccc2)cc1. The number of hydrogen-bond acceptors (Lipinski definition) is 2. The van der Waals surface area contributed by atoms with Crippen molar-refractivity contribution in [3.05, 3.63) is 102 Å². The van der Waals surface area contributed by atoms with Crippen LogP contribution >= 0.6 is 0 Å². The number of hydrogen-bond donors (Lipinski definition) is 0. The molecule has 3 rings (SSSR count). The second-order valence-corrected chi connectivity index (χ2v) is 5.36. The Hall–Kier alpha value is -3.13. The first-order valence-corrected chi connectivity index (χ1v) is 7.87. The highest BCUT2D eigenvalue weighted by atomic mass is 16.5. The summed E-state index contributed by atoms with van der Waals surface area (Å²) in [5.41, 5.74) is 2.35. The minimum Gasteiger partial charge on any atom is -0.457 e. The van der Waals surface area contributed by atoms with Crippen molar-refractivity contribution < 1.29 is 9.53 Å². The molecule has 0 aliphatic heterocycles. The van der Waals surface area contributed by atoms with Gasteiger partial charge in [0.15, 0.2) is 5.78 Å². The number of ether oxygens (including phenoxy) is 1. The lowest BCUT2D eigenvalue weighted by atomic mass is 10.0. The highest BCUT2D eigenvalue weighted by Crippen LogP contribution is 2.26. The quantitative estimate of drug-likeness (QED) is 0.561. The molecule has 0 atom stereocenters. The fraction of sp³-hybridized carbons (Fsp3) is 0.0455. The Morgan fingerprint density at radius 3 is 2.12 bits per heavy atom. The van der Waals surface area contributed by atoms with Crippen molar-refractivity contribution in [3.63, 3.8) is 0 Å². The molecule has 24 heavy (non-hydrogen) atoms. The molecule has 0 heterocycles. The van der Waals surface area contributed by atoms with Crippen molar-refractivity contribution in [2.24, 2.45) is 0 Å². The van der Waals surface area contributed by atoms with Gasteiger partial charge in [-0.05, 0) is 37.3 Å². The lowest BCUT2D eigenvalue weighted by molar-refractivity contribution is 0.103. The molecule has 0 fully saturated rings. The summed E-state index contributed by atoms with van der Waals surface area (Å²) in [6.07, 6.45) is 3.98. The molecular formula is C22H18O2. The number of benzene rings is 3. The van der Waals surface area contributed by atoms with E-state index in [1.807, 2.05) is 85.8 Å². The first-order chi connectivity index (χ1) is 11.8. The van der Waals surface area contributed by atoms with E-state index in [0.717, 1.165) is 11.3 Å². The van der Waals surface area contributed by atoms with Gasteiger partial charge in [-0.3, -0.25) is 4.79 Å². The summed E-state index contributed by atoms with van der Waals surface area (Å²) >= 11 is 0. The summed E-state index contributed by atoms with van der Waals surface area (Å²) in [5, 5.41) is 0. The monoisotopic (exact) mass is 314 g/mol. The average molecular weight is 314 g/mol. The van der Waals surface area contributed by atoms with Gasteiger partial charge in [0.2, 0.25) is 0 Å². The molecular weight excluding hydrogens is 296 g/mol. The highest BCUT2D eigenvalue weighted by Gasteiger charge is 2.09. The number of allylic oxidation sites excluding steroid dienone is 1. The Balaban J connectivity index is 1.79. The number of carbonyl (C=O) groups is 1. The first kappa shape index (κ1) is 15.8. The number of ketones is 1. The van der Waals surface area contributed by atoms with Gasteiger partial charge in [-0.25, -0.2) is 0 Å². The standard InChI is InChI=1S/C22H18O2/c1-2-8-17-9-6-7-12-21(17)24-20-15-13-19(14-16-20)22(23)18-10-4-3-5-11-18/h2-16H,1H3. The molecule has 0 spiro atoms. The van der Waals surface area contributed by atoms with E-state index in [0.29, 0.717) is 16.9 Å². The predicted octanol–water partition coefficient (Wildman–Crippen LogP) is 5.74. The Labute approximate surface area is 142 Å². The fourth-order valence-electron chi connectivity index (χ4n) is 2.45. The van der Waals surface area contributed by atoms with Gasteiger partial charge in [-0.2, -0.15) is 0 Å². The van der Waals surface area contributed by atoms with E-state index >= 15 is 0 Å². The van der Waals surface area contributed by atoms with Crippen LogP contribution in [0.15, 0.2) is 84.9 Å².